The lowest BCUT2D eigenvalue weighted by Gasteiger charge is -2.26. The van der Waals surface area contributed by atoms with Gasteiger partial charge in [0.1, 0.15) is 0 Å². The Morgan fingerprint density at radius 3 is 2.02 bits per heavy atom. The van der Waals surface area contributed by atoms with Gasteiger partial charge in [0.25, 0.3) is 5.91 Å². The number of nitrogens with one attached hydrogen (secondary N) is 1. The molecule has 6 nitrogen and oxygen atoms in total. The van der Waals surface area contributed by atoms with Crippen LogP contribution in [-0.4, -0.2) is 26.6 Å². The number of carbonyl (C=O) groups excluding carboxylic acids is 1. The molecule has 0 aliphatic heterocycles. The Hall–Kier alpha value is -3.63. The van der Waals surface area contributed by atoms with Crippen molar-refractivity contribution in [1.82, 2.24) is 5.32 Å². The summed E-state index contributed by atoms with van der Waals surface area (Å²) >= 11 is 0. The van der Waals surface area contributed by atoms with Gasteiger partial charge in [0.2, 0.25) is 0 Å². The third kappa shape index (κ3) is 6.39. The largest absolute Gasteiger partial charge is 0.344 e. The topological polar surface area (TPSA) is 90.3 Å². The van der Waals surface area contributed by atoms with E-state index in [4.69, 9.17) is 0 Å². The number of carbonyl (C=O) groups is 1. The van der Waals surface area contributed by atoms with E-state index in [9.17, 15) is 18.5 Å². The Morgan fingerprint density at radius 1 is 0.925 bits per heavy atom. The van der Waals surface area contributed by atoms with Crippen molar-refractivity contribution < 1.29 is 13.2 Å². The third-order valence-electron chi connectivity index (χ3n) is 7.88. The van der Waals surface area contributed by atoms with E-state index >= 15 is 0 Å². The van der Waals surface area contributed by atoms with E-state index in [1.165, 1.54) is 54.6 Å². The maximum atomic E-state index is 13.2. The zero-order valence-corrected chi connectivity index (χ0v) is 24.1. The van der Waals surface area contributed by atoms with E-state index in [2.05, 4.69) is 41.4 Å². The molecule has 0 aromatic heterocycles. The maximum absolute atomic E-state index is 13.2. The van der Waals surface area contributed by atoms with Gasteiger partial charge in [0.15, 0.2) is 9.84 Å². The molecule has 7 heteroatoms. The van der Waals surface area contributed by atoms with Crippen LogP contribution in [0.4, 0.5) is 11.4 Å². The van der Waals surface area contributed by atoms with Crippen LogP contribution in [-0.2, 0) is 9.84 Å². The van der Waals surface area contributed by atoms with Crippen LogP contribution in [0.3, 0.4) is 0 Å². The number of anilines is 2. The summed E-state index contributed by atoms with van der Waals surface area (Å²) in [6.45, 7) is 4.67. The smallest absolute Gasteiger partial charge is 0.251 e. The molecule has 3 aromatic rings. The van der Waals surface area contributed by atoms with Crippen molar-refractivity contribution in [2.45, 2.75) is 75.1 Å². The normalized spacial score (nSPS) is 15.7. The molecule has 0 bridgehead atoms. The molecule has 1 atom stereocenters. The molecule has 2 aliphatic carbocycles. The molecule has 2 aliphatic rings. The molecule has 5 rings (SSSR count). The van der Waals surface area contributed by atoms with Crippen LogP contribution in [0.2, 0.25) is 0 Å². The van der Waals surface area contributed by atoms with Gasteiger partial charge in [0, 0.05) is 23.5 Å². The van der Waals surface area contributed by atoms with Crippen LogP contribution in [0.25, 0.3) is 0 Å². The Morgan fingerprint density at radius 2 is 1.52 bits per heavy atom. The van der Waals surface area contributed by atoms with Gasteiger partial charge in [-0.05, 0) is 109 Å². The number of sulfone groups is 1. The van der Waals surface area contributed by atoms with E-state index in [0.717, 1.165) is 18.7 Å². The highest BCUT2D eigenvalue weighted by Gasteiger charge is 2.29. The Balaban J connectivity index is 1.34. The second kappa shape index (κ2) is 11.9. The van der Waals surface area contributed by atoms with Crippen LogP contribution < -0.4 is 10.2 Å². The summed E-state index contributed by atoms with van der Waals surface area (Å²) in [6, 6.07) is 22.8. The molecule has 2 fully saturated rings. The van der Waals surface area contributed by atoms with Crippen LogP contribution in [0.5, 0.6) is 0 Å². The monoisotopic (exact) mass is 555 g/mol. The molecule has 0 spiro atoms. The average molecular weight is 556 g/mol. The summed E-state index contributed by atoms with van der Waals surface area (Å²) in [7, 11) is -3.32. The standard InChI is InChI=1S/C33H37N3O3S/c1-3-19-36(30-21-27(23-5-6-23)20-28(22-30)24-7-8-24)29-13-9-26(10-14-29)33(37)35-32(17-18-34)25-11-15-31(16-12-25)40(38,39)4-2/h9-16,20-24,32H,3-8,17,19H2,1-2H3,(H,35,37)/t32-/m0/s1. The molecular weight excluding hydrogens is 518 g/mol. The van der Waals surface area contributed by atoms with E-state index in [1.807, 2.05) is 24.3 Å². The summed E-state index contributed by atoms with van der Waals surface area (Å²) in [5.41, 5.74) is 6.40. The summed E-state index contributed by atoms with van der Waals surface area (Å²) in [4.78, 5) is 15.8. The van der Waals surface area contributed by atoms with Crippen molar-refractivity contribution in [3.8, 4) is 6.07 Å². The summed E-state index contributed by atoms with van der Waals surface area (Å²) < 4.78 is 24.3. The molecule has 1 amide bonds. The average Bonchev–Trinajstić information content (AvgIpc) is 3.89. The number of amides is 1. The molecule has 208 valence electrons. The molecule has 3 aromatic carbocycles. The van der Waals surface area contributed by atoms with Gasteiger partial charge in [-0.25, -0.2) is 8.42 Å². The lowest BCUT2D eigenvalue weighted by molar-refractivity contribution is 0.0937. The van der Waals surface area contributed by atoms with Crippen molar-refractivity contribution in [2.75, 3.05) is 17.2 Å². The van der Waals surface area contributed by atoms with Crippen molar-refractivity contribution in [3.63, 3.8) is 0 Å². The zero-order chi connectivity index (χ0) is 28.3. The summed E-state index contributed by atoms with van der Waals surface area (Å²) in [5, 5.41) is 12.3. The van der Waals surface area contributed by atoms with Crippen molar-refractivity contribution in [3.05, 3.63) is 89.0 Å². The van der Waals surface area contributed by atoms with Gasteiger partial charge in [-0.1, -0.05) is 32.0 Å². The fraction of sp³-hybridized carbons (Fsp3) is 0.394. The number of hydrogen-bond acceptors (Lipinski definition) is 5. The van der Waals surface area contributed by atoms with Crippen LogP contribution in [0, 0.1) is 11.3 Å². The van der Waals surface area contributed by atoms with Gasteiger partial charge in [-0.2, -0.15) is 5.26 Å². The first kappa shape index (κ1) is 27.9. The fourth-order valence-corrected chi connectivity index (χ4v) is 6.09. The SMILES string of the molecule is CCCN(c1ccc(C(=O)N[C@@H](CC#N)c2ccc(S(=O)(=O)CC)cc2)cc1)c1cc(C2CC2)cc(C2CC2)c1. The Kier molecular flexibility index (Phi) is 8.27. The summed E-state index contributed by atoms with van der Waals surface area (Å²) in [6.07, 6.45) is 6.19. The minimum Gasteiger partial charge on any atom is -0.344 e. The highest BCUT2D eigenvalue weighted by molar-refractivity contribution is 7.91. The molecule has 0 saturated heterocycles. The van der Waals surface area contributed by atoms with Crippen molar-refractivity contribution in [1.29, 1.82) is 5.26 Å². The lowest BCUT2D eigenvalue weighted by Crippen LogP contribution is -2.28. The predicted molar refractivity (Wildman–Crippen MR) is 159 cm³/mol. The second-order valence-electron chi connectivity index (χ2n) is 11.0. The van der Waals surface area contributed by atoms with E-state index in [-0.39, 0.29) is 23.0 Å². The lowest BCUT2D eigenvalue weighted by atomic mass is 10.0. The van der Waals surface area contributed by atoms with E-state index in [1.54, 1.807) is 19.1 Å². The first-order valence-electron chi connectivity index (χ1n) is 14.4. The van der Waals surface area contributed by atoms with Crippen LogP contribution in [0.1, 0.15) is 97.3 Å². The Bertz CT molecular complexity index is 1470. The minimum atomic E-state index is -3.32. The summed E-state index contributed by atoms with van der Waals surface area (Å²) in [5.74, 6) is 1.14. The van der Waals surface area contributed by atoms with E-state index < -0.39 is 15.9 Å². The molecule has 1 N–H and O–H groups in total. The first-order chi connectivity index (χ1) is 19.3. The number of rotatable bonds is 12. The Labute approximate surface area is 237 Å². The number of nitriles is 1. The molecular formula is C33H37N3O3S. The van der Waals surface area contributed by atoms with Crippen LogP contribution in [0.15, 0.2) is 71.6 Å². The van der Waals surface area contributed by atoms with Gasteiger partial charge in [0.05, 0.1) is 29.2 Å². The van der Waals surface area contributed by atoms with E-state index in [0.29, 0.717) is 23.0 Å². The maximum Gasteiger partial charge on any atom is 0.251 e. The van der Waals surface area contributed by atoms with Crippen molar-refractivity contribution in [2.24, 2.45) is 0 Å². The second-order valence-corrected chi connectivity index (χ2v) is 13.2. The molecule has 2 saturated carbocycles. The number of nitrogens with zero attached hydrogens (tertiary/aromatic N) is 2. The predicted octanol–water partition coefficient (Wildman–Crippen LogP) is 7.17. The van der Waals surface area contributed by atoms with Gasteiger partial charge < -0.3 is 10.2 Å². The van der Waals surface area contributed by atoms with Crippen LogP contribution >= 0.6 is 0 Å². The molecule has 0 heterocycles. The first-order valence-corrected chi connectivity index (χ1v) is 16.0. The van der Waals surface area contributed by atoms with Gasteiger partial charge in [-0.15, -0.1) is 0 Å². The van der Waals surface area contributed by atoms with Gasteiger partial charge >= 0.3 is 0 Å². The third-order valence-corrected chi connectivity index (χ3v) is 9.63. The highest BCUT2D eigenvalue weighted by Crippen LogP contribution is 2.47. The molecule has 0 radical (unpaired) electrons. The minimum absolute atomic E-state index is 0.0179. The fourth-order valence-electron chi connectivity index (χ4n) is 5.20. The quantitative estimate of drug-likeness (QED) is 0.256. The van der Waals surface area contributed by atoms with Crippen molar-refractivity contribution >= 4 is 27.1 Å². The molecule has 40 heavy (non-hydrogen) atoms. The number of benzene rings is 3. The van der Waals surface area contributed by atoms with Gasteiger partial charge in [-0.3, -0.25) is 4.79 Å². The molecule has 0 unspecified atom stereocenters. The zero-order valence-electron chi connectivity index (χ0n) is 23.3. The highest BCUT2D eigenvalue weighted by atomic mass is 32.2. The number of hydrogen-bond donors (Lipinski definition) is 1.